The molecule has 1 heterocycles. The van der Waals surface area contributed by atoms with Gasteiger partial charge in [-0.25, -0.2) is 9.97 Å². The van der Waals surface area contributed by atoms with Gasteiger partial charge in [0.2, 0.25) is 0 Å². The summed E-state index contributed by atoms with van der Waals surface area (Å²) in [4.78, 5) is 22.8. The Morgan fingerprint density at radius 3 is 2.48 bits per heavy atom. The Labute approximate surface area is 170 Å². The zero-order valence-electron chi connectivity index (χ0n) is 16.8. The molecule has 0 spiro atoms. The van der Waals surface area contributed by atoms with Crippen LogP contribution in [0, 0.1) is 0 Å². The number of anilines is 2. The van der Waals surface area contributed by atoms with Crippen molar-refractivity contribution in [2.24, 2.45) is 0 Å². The van der Waals surface area contributed by atoms with Crippen LogP contribution in [0.15, 0.2) is 60.9 Å². The maximum atomic E-state index is 12.5. The van der Waals surface area contributed by atoms with Crippen molar-refractivity contribution in [3.63, 3.8) is 0 Å². The van der Waals surface area contributed by atoms with Crippen LogP contribution in [0.3, 0.4) is 0 Å². The molecule has 0 bridgehead atoms. The van der Waals surface area contributed by atoms with Crippen molar-refractivity contribution in [1.29, 1.82) is 0 Å². The van der Waals surface area contributed by atoms with Gasteiger partial charge in [0.05, 0.1) is 14.2 Å². The number of nitrogens with one attached hydrogen (secondary N) is 1. The van der Waals surface area contributed by atoms with Gasteiger partial charge < -0.3 is 19.7 Å². The van der Waals surface area contributed by atoms with E-state index in [-0.39, 0.29) is 5.91 Å². The van der Waals surface area contributed by atoms with Gasteiger partial charge in [0, 0.05) is 25.3 Å². The van der Waals surface area contributed by atoms with Gasteiger partial charge in [-0.05, 0) is 36.2 Å². The van der Waals surface area contributed by atoms with E-state index in [0.717, 1.165) is 11.3 Å². The van der Waals surface area contributed by atoms with Crippen LogP contribution in [-0.2, 0) is 6.42 Å². The number of para-hydroxylation sites is 1. The molecule has 3 aromatic rings. The predicted molar refractivity (Wildman–Crippen MR) is 112 cm³/mol. The van der Waals surface area contributed by atoms with E-state index in [4.69, 9.17) is 9.47 Å². The summed E-state index contributed by atoms with van der Waals surface area (Å²) < 4.78 is 10.6. The molecule has 2 aromatic carbocycles. The monoisotopic (exact) mass is 392 g/mol. The van der Waals surface area contributed by atoms with E-state index in [1.807, 2.05) is 60.5 Å². The lowest BCUT2D eigenvalue weighted by atomic mass is 10.1. The molecule has 0 unspecified atom stereocenters. The fraction of sp³-hybridized carbons (Fsp3) is 0.227. The Kier molecular flexibility index (Phi) is 6.63. The molecule has 29 heavy (non-hydrogen) atoms. The molecule has 0 aliphatic rings. The fourth-order valence-electron chi connectivity index (χ4n) is 2.89. The Bertz CT molecular complexity index is 963. The van der Waals surface area contributed by atoms with E-state index in [0.29, 0.717) is 36.0 Å². The van der Waals surface area contributed by atoms with Gasteiger partial charge in [-0.15, -0.1) is 0 Å². The largest absolute Gasteiger partial charge is 0.493 e. The van der Waals surface area contributed by atoms with E-state index in [1.165, 1.54) is 6.33 Å². The highest BCUT2D eigenvalue weighted by molar-refractivity contribution is 5.93. The summed E-state index contributed by atoms with van der Waals surface area (Å²) in [6.07, 6.45) is 2.06. The van der Waals surface area contributed by atoms with Gasteiger partial charge >= 0.3 is 0 Å². The van der Waals surface area contributed by atoms with Crippen molar-refractivity contribution >= 4 is 17.4 Å². The molecule has 7 heteroatoms. The van der Waals surface area contributed by atoms with Crippen molar-refractivity contribution in [2.75, 3.05) is 32.7 Å². The summed E-state index contributed by atoms with van der Waals surface area (Å²) >= 11 is 0. The number of amides is 1. The highest BCUT2D eigenvalue weighted by atomic mass is 16.5. The summed E-state index contributed by atoms with van der Waals surface area (Å²) in [7, 11) is 5.10. The molecule has 150 valence electrons. The van der Waals surface area contributed by atoms with Crippen molar-refractivity contribution in [2.45, 2.75) is 6.42 Å². The molecule has 0 aliphatic carbocycles. The van der Waals surface area contributed by atoms with Crippen molar-refractivity contribution in [3.8, 4) is 11.5 Å². The van der Waals surface area contributed by atoms with Crippen LogP contribution in [0.2, 0.25) is 0 Å². The molecule has 0 saturated heterocycles. The Hall–Kier alpha value is -3.61. The van der Waals surface area contributed by atoms with Crippen LogP contribution in [0.5, 0.6) is 11.5 Å². The zero-order chi connectivity index (χ0) is 20.6. The van der Waals surface area contributed by atoms with Gasteiger partial charge in [-0.1, -0.05) is 24.3 Å². The standard InChI is InChI=1S/C22H24N4O3/c1-26(17-7-5-4-6-8-17)21-14-18(24-15-25-21)22(27)23-12-11-16-9-10-19(28-2)20(13-16)29-3/h4-10,13-15H,11-12H2,1-3H3,(H,23,27). The lowest BCUT2D eigenvalue weighted by Crippen LogP contribution is -2.27. The van der Waals surface area contributed by atoms with Crippen molar-refractivity contribution in [1.82, 2.24) is 15.3 Å². The molecular formula is C22H24N4O3. The van der Waals surface area contributed by atoms with Gasteiger partial charge in [0.25, 0.3) is 5.91 Å². The summed E-state index contributed by atoms with van der Waals surface area (Å²) in [5.74, 6) is 1.75. The molecule has 7 nitrogen and oxygen atoms in total. The minimum Gasteiger partial charge on any atom is -0.493 e. The van der Waals surface area contributed by atoms with E-state index >= 15 is 0 Å². The Morgan fingerprint density at radius 1 is 1.00 bits per heavy atom. The van der Waals surface area contributed by atoms with Gasteiger partial charge in [-0.2, -0.15) is 0 Å². The second-order valence-electron chi connectivity index (χ2n) is 6.35. The van der Waals surface area contributed by atoms with E-state index in [9.17, 15) is 4.79 Å². The first-order valence-corrected chi connectivity index (χ1v) is 9.22. The lowest BCUT2D eigenvalue weighted by Gasteiger charge is -2.18. The second-order valence-corrected chi connectivity index (χ2v) is 6.35. The minimum absolute atomic E-state index is 0.240. The molecule has 0 radical (unpaired) electrons. The molecule has 1 aromatic heterocycles. The van der Waals surface area contributed by atoms with E-state index in [1.54, 1.807) is 20.3 Å². The van der Waals surface area contributed by atoms with Crippen LogP contribution in [-0.4, -0.2) is 43.7 Å². The predicted octanol–water partition coefficient (Wildman–Crippen LogP) is 3.23. The number of carbonyl (C=O) groups is 1. The SMILES string of the molecule is COc1ccc(CCNC(=O)c2cc(N(C)c3ccccc3)ncn2)cc1OC. The maximum absolute atomic E-state index is 12.5. The average Bonchev–Trinajstić information content (AvgIpc) is 2.79. The fourth-order valence-corrected chi connectivity index (χ4v) is 2.89. The number of carbonyl (C=O) groups excluding carboxylic acids is 1. The van der Waals surface area contributed by atoms with Gasteiger partial charge in [0.15, 0.2) is 11.5 Å². The molecule has 1 N–H and O–H groups in total. The third-order valence-electron chi connectivity index (χ3n) is 4.52. The highest BCUT2D eigenvalue weighted by Gasteiger charge is 2.12. The number of rotatable bonds is 8. The Morgan fingerprint density at radius 2 is 1.76 bits per heavy atom. The smallest absolute Gasteiger partial charge is 0.270 e. The normalized spacial score (nSPS) is 10.3. The number of methoxy groups -OCH3 is 2. The third kappa shape index (κ3) is 5.01. The van der Waals surface area contributed by atoms with Crippen LogP contribution < -0.4 is 19.7 Å². The van der Waals surface area contributed by atoms with Crippen LogP contribution in [0.25, 0.3) is 0 Å². The lowest BCUT2D eigenvalue weighted by molar-refractivity contribution is 0.0949. The maximum Gasteiger partial charge on any atom is 0.270 e. The van der Waals surface area contributed by atoms with Crippen LogP contribution in [0.1, 0.15) is 16.1 Å². The topological polar surface area (TPSA) is 76.6 Å². The summed E-state index contributed by atoms with van der Waals surface area (Å²) in [5, 5.41) is 2.90. The van der Waals surface area contributed by atoms with Gasteiger partial charge in [-0.3, -0.25) is 4.79 Å². The number of hydrogen-bond acceptors (Lipinski definition) is 6. The first kappa shape index (κ1) is 20.1. The number of ether oxygens (including phenoxy) is 2. The highest BCUT2D eigenvalue weighted by Crippen LogP contribution is 2.27. The molecule has 1 amide bonds. The molecular weight excluding hydrogens is 368 g/mol. The number of nitrogens with zero attached hydrogens (tertiary/aromatic N) is 3. The van der Waals surface area contributed by atoms with Gasteiger partial charge in [0.1, 0.15) is 17.8 Å². The minimum atomic E-state index is -0.240. The molecule has 3 rings (SSSR count). The number of benzene rings is 2. The molecule has 0 fully saturated rings. The molecule has 0 aliphatic heterocycles. The van der Waals surface area contributed by atoms with E-state index in [2.05, 4.69) is 15.3 Å². The van der Waals surface area contributed by atoms with E-state index < -0.39 is 0 Å². The van der Waals surface area contributed by atoms with Crippen molar-refractivity contribution in [3.05, 3.63) is 72.2 Å². The van der Waals surface area contributed by atoms with Crippen molar-refractivity contribution < 1.29 is 14.3 Å². The summed E-state index contributed by atoms with van der Waals surface area (Å²) in [6, 6.07) is 17.2. The van der Waals surface area contributed by atoms with Crippen LogP contribution in [0.4, 0.5) is 11.5 Å². The quantitative estimate of drug-likeness (QED) is 0.634. The second kappa shape index (κ2) is 9.54. The first-order valence-electron chi connectivity index (χ1n) is 9.22. The third-order valence-corrected chi connectivity index (χ3v) is 4.52. The average molecular weight is 392 g/mol. The van der Waals surface area contributed by atoms with Crippen LogP contribution >= 0.6 is 0 Å². The summed E-state index contributed by atoms with van der Waals surface area (Å²) in [6.45, 7) is 0.474. The number of aromatic nitrogens is 2. The Balaban J connectivity index is 1.61. The molecule has 0 atom stereocenters. The zero-order valence-corrected chi connectivity index (χ0v) is 16.8. The first-order chi connectivity index (χ1) is 14.1. The summed E-state index contributed by atoms with van der Waals surface area (Å²) in [5.41, 5.74) is 2.34. The number of hydrogen-bond donors (Lipinski definition) is 1. The molecule has 0 saturated carbocycles.